The molecule has 0 unspecified atom stereocenters. The number of benzene rings is 3. The number of hydrogen-bond acceptors (Lipinski definition) is 6. The summed E-state index contributed by atoms with van der Waals surface area (Å²) in [5.74, 6) is -0.133. The van der Waals surface area contributed by atoms with Crippen LogP contribution in [0.2, 0.25) is 0 Å². The Morgan fingerprint density at radius 1 is 0.902 bits per heavy atom. The van der Waals surface area contributed by atoms with E-state index in [1.165, 1.54) is 25.2 Å². The Kier molecular flexibility index (Phi) is 11.2. The largest absolute Gasteiger partial charge is 0.497 e. The fourth-order valence-electron chi connectivity index (χ4n) is 4.36. The molecule has 3 aromatic rings. The molecule has 41 heavy (non-hydrogen) atoms. The summed E-state index contributed by atoms with van der Waals surface area (Å²) in [5, 5.41) is 3.02. The van der Waals surface area contributed by atoms with Crippen molar-refractivity contribution in [3.05, 3.63) is 90.0 Å². The molecule has 0 fully saturated rings. The summed E-state index contributed by atoms with van der Waals surface area (Å²) in [7, 11) is -1.03. The molecule has 2 amide bonds. The van der Waals surface area contributed by atoms with Crippen molar-refractivity contribution in [1.82, 2.24) is 10.2 Å². The van der Waals surface area contributed by atoms with Crippen LogP contribution in [0.3, 0.4) is 0 Å². The first kappa shape index (κ1) is 31.5. The SMILES string of the molecule is CC[C@@H](C)NC(=O)[C@@H](Cc1ccccc1)N(Cc1ccccc1)C(=O)CN(c1ccc(OC)cc1OC)S(C)(=O)=O. The average Bonchev–Trinajstić information content (AvgIpc) is 2.97. The normalized spacial score (nSPS) is 12.6. The first-order valence-corrected chi connectivity index (χ1v) is 15.3. The molecule has 9 nitrogen and oxygen atoms in total. The van der Waals surface area contributed by atoms with Gasteiger partial charge in [-0.3, -0.25) is 13.9 Å². The highest BCUT2D eigenvalue weighted by Crippen LogP contribution is 2.33. The topological polar surface area (TPSA) is 105 Å². The number of rotatable bonds is 14. The number of hydrogen-bond donors (Lipinski definition) is 1. The van der Waals surface area contributed by atoms with Gasteiger partial charge in [0.1, 0.15) is 24.1 Å². The summed E-state index contributed by atoms with van der Waals surface area (Å²) in [6.07, 6.45) is 2.00. The number of carbonyl (C=O) groups excluding carboxylic acids is 2. The number of ether oxygens (including phenoxy) is 2. The molecule has 0 heterocycles. The number of methoxy groups -OCH3 is 2. The summed E-state index contributed by atoms with van der Waals surface area (Å²) in [6.45, 7) is 3.46. The van der Waals surface area contributed by atoms with Crippen LogP contribution >= 0.6 is 0 Å². The van der Waals surface area contributed by atoms with E-state index < -0.39 is 28.5 Å². The number of sulfonamides is 1. The van der Waals surface area contributed by atoms with E-state index in [0.717, 1.165) is 28.1 Å². The quantitative estimate of drug-likeness (QED) is 0.308. The highest BCUT2D eigenvalue weighted by atomic mass is 32.2. The third kappa shape index (κ3) is 8.72. The van der Waals surface area contributed by atoms with Crippen LogP contribution in [0.25, 0.3) is 0 Å². The van der Waals surface area contributed by atoms with Crippen molar-refractivity contribution in [3.63, 3.8) is 0 Å². The van der Waals surface area contributed by atoms with Gasteiger partial charge in [-0.05, 0) is 36.6 Å². The van der Waals surface area contributed by atoms with Gasteiger partial charge in [-0.2, -0.15) is 0 Å². The Morgan fingerprint density at radius 3 is 2.05 bits per heavy atom. The predicted molar refractivity (Wildman–Crippen MR) is 161 cm³/mol. The van der Waals surface area contributed by atoms with E-state index >= 15 is 0 Å². The molecule has 0 saturated heterocycles. The summed E-state index contributed by atoms with van der Waals surface area (Å²) in [4.78, 5) is 29.3. The first-order valence-electron chi connectivity index (χ1n) is 13.4. The van der Waals surface area contributed by atoms with E-state index in [1.54, 1.807) is 12.1 Å². The molecular formula is C31H39N3O6S. The van der Waals surface area contributed by atoms with Crippen LogP contribution < -0.4 is 19.1 Å². The van der Waals surface area contributed by atoms with Crippen LogP contribution in [0.4, 0.5) is 5.69 Å². The minimum Gasteiger partial charge on any atom is -0.497 e. The fraction of sp³-hybridized carbons (Fsp3) is 0.355. The third-order valence-electron chi connectivity index (χ3n) is 6.80. The maximum absolute atomic E-state index is 14.2. The van der Waals surface area contributed by atoms with Gasteiger partial charge in [-0.15, -0.1) is 0 Å². The maximum atomic E-state index is 14.2. The number of carbonyl (C=O) groups is 2. The van der Waals surface area contributed by atoms with E-state index in [4.69, 9.17) is 9.47 Å². The van der Waals surface area contributed by atoms with Gasteiger partial charge in [-0.1, -0.05) is 67.6 Å². The van der Waals surface area contributed by atoms with Crippen molar-refractivity contribution < 1.29 is 27.5 Å². The zero-order valence-electron chi connectivity index (χ0n) is 24.2. The predicted octanol–water partition coefficient (Wildman–Crippen LogP) is 4.02. The molecule has 0 spiro atoms. The monoisotopic (exact) mass is 581 g/mol. The summed E-state index contributed by atoms with van der Waals surface area (Å²) in [5.41, 5.74) is 1.87. The highest BCUT2D eigenvalue weighted by molar-refractivity contribution is 7.92. The van der Waals surface area contributed by atoms with Crippen molar-refractivity contribution in [3.8, 4) is 11.5 Å². The number of anilines is 1. The van der Waals surface area contributed by atoms with Crippen LogP contribution in [0.5, 0.6) is 11.5 Å². The highest BCUT2D eigenvalue weighted by Gasteiger charge is 2.34. The van der Waals surface area contributed by atoms with E-state index in [-0.39, 0.29) is 36.4 Å². The Balaban J connectivity index is 2.08. The molecule has 0 bridgehead atoms. The summed E-state index contributed by atoms with van der Waals surface area (Å²) < 4.78 is 37.8. The average molecular weight is 582 g/mol. The van der Waals surface area contributed by atoms with E-state index in [2.05, 4.69) is 5.32 Å². The fourth-order valence-corrected chi connectivity index (χ4v) is 5.21. The summed E-state index contributed by atoms with van der Waals surface area (Å²) in [6, 6.07) is 22.5. The standard InChI is InChI=1S/C31H39N3O6S/c1-6-23(2)32-31(36)28(19-24-13-9-7-10-14-24)33(21-25-15-11-8-12-16-25)30(35)22-34(41(5,37)38)27-18-17-26(39-3)20-29(27)40-4/h7-18,20,23,28H,6,19,21-22H2,1-5H3,(H,32,36)/t23-,28-/m1/s1. The molecule has 3 aromatic carbocycles. The van der Waals surface area contributed by atoms with Gasteiger partial charge in [0.25, 0.3) is 0 Å². The van der Waals surface area contributed by atoms with Crippen LogP contribution in [0.1, 0.15) is 31.4 Å². The van der Waals surface area contributed by atoms with Crippen molar-refractivity contribution in [2.75, 3.05) is 31.3 Å². The van der Waals surface area contributed by atoms with E-state index in [1.807, 2.05) is 74.5 Å². The molecule has 0 aliphatic rings. The Morgan fingerprint density at radius 2 is 1.51 bits per heavy atom. The van der Waals surface area contributed by atoms with Gasteiger partial charge in [0.2, 0.25) is 21.8 Å². The molecule has 2 atom stereocenters. The number of amides is 2. The van der Waals surface area contributed by atoms with Crippen molar-refractivity contribution in [2.24, 2.45) is 0 Å². The lowest BCUT2D eigenvalue weighted by atomic mass is 10.0. The van der Waals surface area contributed by atoms with Crippen LogP contribution in [-0.4, -0.2) is 64.2 Å². The van der Waals surface area contributed by atoms with Gasteiger partial charge >= 0.3 is 0 Å². The zero-order valence-corrected chi connectivity index (χ0v) is 25.1. The molecule has 3 rings (SSSR count). The lowest BCUT2D eigenvalue weighted by Crippen LogP contribution is -2.54. The van der Waals surface area contributed by atoms with E-state index in [0.29, 0.717) is 5.75 Å². The van der Waals surface area contributed by atoms with Crippen LogP contribution in [-0.2, 0) is 32.6 Å². The zero-order chi connectivity index (χ0) is 30.0. The van der Waals surface area contributed by atoms with Crippen LogP contribution in [0, 0.1) is 0 Å². The second-order valence-corrected chi connectivity index (χ2v) is 11.7. The molecule has 1 N–H and O–H groups in total. The number of nitrogens with one attached hydrogen (secondary N) is 1. The second-order valence-electron chi connectivity index (χ2n) is 9.84. The van der Waals surface area contributed by atoms with E-state index in [9.17, 15) is 18.0 Å². The van der Waals surface area contributed by atoms with Gasteiger partial charge in [0.05, 0.1) is 26.2 Å². The molecule has 0 aromatic heterocycles. The van der Waals surface area contributed by atoms with Crippen LogP contribution in [0.15, 0.2) is 78.9 Å². The molecule has 220 valence electrons. The second kappa shape index (κ2) is 14.5. The molecule has 0 radical (unpaired) electrons. The third-order valence-corrected chi connectivity index (χ3v) is 7.93. The maximum Gasteiger partial charge on any atom is 0.244 e. The molecular weight excluding hydrogens is 542 g/mol. The number of nitrogens with zero attached hydrogens (tertiary/aromatic N) is 2. The minimum atomic E-state index is -3.93. The smallest absolute Gasteiger partial charge is 0.244 e. The van der Waals surface area contributed by atoms with Crippen molar-refractivity contribution in [1.29, 1.82) is 0 Å². The van der Waals surface area contributed by atoms with Crippen molar-refractivity contribution in [2.45, 2.75) is 45.3 Å². The van der Waals surface area contributed by atoms with Gasteiger partial charge in [-0.25, -0.2) is 8.42 Å². The molecule has 0 aliphatic carbocycles. The first-order chi connectivity index (χ1) is 19.6. The van der Waals surface area contributed by atoms with Gasteiger partial charge in [0, 0.05) is 25.1 Å². The Hall–Kier alpha value is -4.05. The Labute approximate surface area is 243 Å². The lowest BCUT2D eigenvalue weighted by molar-refractivity contribution is -0.140. The molecule has 0 aliphatic heterocycles. The minimum absolute atomic E-state index is 0.106. The van der Waals surface area contributed by atoms with Gasteiger partial charge in [0.15, 0.2) is 0 Å². The van der Waals surface area contributed by atoms with Gasteiger partial charge < -0.3 is 19.7 Å². The molecule has 0 saturated carbocycles. The summed E-state index contributed by atoms with van der Waals surface area (Å²) >= 11 is 0. The molecule has 10 heteroatoms. The van der Waals surface area contributed by atoms with Crippen molar-refractivity contribution >= 4 is 27.5 Å². The lowest BCUT2D eigenvalue weighted by Gasteiger charge is -2.34. The Bertz CT molecular complexity index is 1400.